The molecule has 2 aromatic carbocycles. The predicted octanol–water partition coefficient (Wildman–Crippen LogP) is 5.19. The molecule has 0 radical (unpaired) electrons. The van der Waals surface area contributed by atoms with Crippen LogP contribution < -0.4 is 10.2 Å². The summed E-state index contributed by atoms with van der Waals surface area (Å²) in [5, 5.41) is 4.36. The van der Waals surface area contributed by atoms with E-state index in [0.29, 0.717) is 19.6 Å². The fourth-order valence-corrected chi connectivity index (χ4v) is 4.26. The number of unbranched alkanes of at least 4 members (excludes halogenated alkanes) is 2. The van der Waals surface area contributed by atoms with Gasteiger partial charge in [-0.05, 0) is 55.5 Å². The van der Waals surface area contributed by atoms with Gasteiger partial charge in [0, 0.05) is 49.8 Å². The number of nitrogens with zero attached hydrogens (tertiary/aromatic N) is 1. The third-order valence-corrected chi connectivity index (χ3v) is 6.18. The van der Waals surface area contributed by atoms with Crippen molar-refractivity contribution in [1.82, 2.24) is 10.3 Å². The zero-order chi connectivity index (χ0) is 24.3. The lowest BCUT2D eigenvalue weighted by Crippen LogP contribution is -2.31. The van der Waals surface area contributed by atoms with E-state index in [9.17, 15) is 9.59 Å². The van der Waals surface area contributed by atoms with Crippen LogP contribution in [0.2, 0.25) is 0 Å². The molecular formula is C28H37N3O3. The Hall–Kier alpha value is -3.28. The molecule has 182 valence electrons. The van der Waals surface area contributed by atoms with Gasteiger partial charge < -0.3 is 19.9 Å². The molecule has 1 atom stereocenters. The molecule has 0 aliphatic heterocycles. The number of carbonyl (C=O) groups excluding carboxylic acids is 2. The van der Waals surface area contributed by atoms with Crippen LogP contribution in [0.5, 0.6) is 0 Å². The van der Waals surface area contributed by atoms with Gasteiger partial charge in [0.15, 0.2) is 0 Å². The molecule has 3 aromatic rings. The van der Waals surface area contributed by atoms with Gasteiger partial charge in [-0.25, -0.2) is 0 Å². The second-order valence-corrected chi connectivity index (χ2v) is 8.84. The number of ether oxygens (including phenoxy) is 1. The lowest BCUT2D eigenvalue weighted by atomic mass is 9.91. The second kappa shape index (κ2) is 12.8. The third-order valence-electron chi connectivity index (χ3n) is 6.18. The van der Waals surface area contributed by atoms with Crippen molar-refractivity contribution in [1.29, 1.82) is 0 Å². The molecule has 0 unspecified atom stereocenters. The van der Waals surface area contributed by atoms with Crippen LogP contribution in [0.25, 0.3) is 10.9 Å². The molecule has 3 rings (SSSR count). The largest absolute Gasteiger partial charge is 0.466 e. The molecule has 0 fully saturated rings. The first kappa shape index (κ1) is 25.3. The minimum absolute atomic E-state index is 0.0582. The summed E-state index contributed by atoms with van der Waals surface area (Å²) < 4.78 is 5.00. The van der Waals surface area contributed by atoms with Gasteiger partial charge in [-0.2, -0.15) is 0 Å². The van der Waals surface area contributed by atoms with Crippen LogP contribution >= 0.6 is 0 Å². The highest BCUT2D eigenvalue weighted by molar-refractivity contribution is 5.84. The van der Waals surface area contributed by atoms with E-state index in [1.807, 2.05) is 39.3 Å². The lowest BCUT2D eigenvalue weighted by Gasteiger charge is -2.19. The van der Waals surface area contributed by atoms with Gasteiger partial charge in [-0.1, -0.05) is 43.2 Å². The average molecular weight is 464 g/mol. The number of anilines is 1. The Bertz CT molecular complexity index is 1060. The van der Waals surface area contributed by atoms with Crippen molar-refractivity contribution in [2.24, 2.45) is 0 Å². The summed E-state index contributed by atoms with van der Waals surface area (Å²) in [5.41, 5.74) is 4.46. The predicted molar refractivity (Wildman–Crippen MR) is 138 cm³/mol. The highest BCUT2D eigenvalue weighted by Crippen LogP contribution is 2.26. The van der Waals surface area contributed by atoms with Gasteiger partial charge in [0.05, 0.1) is 12.5 Å². The molecule has 1 aromatic heterocycles. The number of esters is 1. The lowest BCUT2D eigenvalue weighted by molar-refractivity contribution is -0.143. The van der Waals surface area contributed by atoms with Gasteiger partial charge >= 0.3 is 5.97 Å². The van der Waals surface area contributed by atoms with E-state index in [1.54, 1.807) is 0 Å². The molecule has 1 amide bonds. The molecular weight excluding hydrogens is 426 g/mol. The summed E-state index contributed by atoms with van der Waals surface area (Å²) in [6.45, 7) is 2.83. The molecule has 0 saturated carbocycles. The number of benzene rings is 2. The molecule has 0 saturated heterocycles. The molecule has 6 nitrogen and oxygen atoms in total. The Kier molecular flexibility index (Phi) is 9.56. The summed E-state index contributed by atoms with van der Waals surface area (Å²) in [4.78, 5) is 30.1. The fourth-order valence-electron chi connectivity index (χ4n) is 4.26. The number of para-hydroxylation sites is 1. The van der Waals surface area contributed by atoms with Crippen LogP contribution in [0.1, 0.15) is 56.1 Å². The SMILES string of the molecule is CCOC(=O)CCCCC[C@H](C(=O)NCCc1c[nH]c2ccccc12)c1ccc(N(C)C)cc1. The summed E-state index contributed by atoms with van der Waals surface area (Å²) in [6.07, 6.45) is 6.56. The number of carbonyl (C=O) groups is 2. The van der Waals surface area contributed by atoms with E-state index in [-0.39, 0.29) is 17.8 Å². The van der Waals surface area contributed by atoms with E-state index in [1.165, 1.54) is 10.9 Å². The maximum Gasteiger partial charge on any atom is 0.305 e. The zero-order valence-electron chi connectivity index (χ0n) is 20.6. The topological polar surface area (TPSA) is 74.4 Å². The molecule has 1 heterocycles. The Balaban J connectivity index is 1.58. The van der Waals surface area contributed by atoms with E-state index in [0.717, 1.165) is 48.9 Å². The van der Waals surface area contributed by atoms with Crippen molar-refractivity contribution in [3.8, 4) is 0 Å². The maximum atomic E-state index is 13.2. The summed E-state index contributed by atoms with van der Waals surface area (Å²) >= 11 is 0. The quantitative estimate of drug-likeness (QED) is 0.270. The van der Waals surface area contributed by atoms with E-state index in [2.05, 4.69) is 51.6 Å². The van der Waals surface area contributed by atoms with E-state index >= 15 is 0 Å². The van der Waals surface area contributed by atoms with E-state index in [4.69, 9.17) is 4.74 Å². The first-order valence-corrected chi connectivity index (χ1v) is 12.2. The number of aromatic nitrogens is 1. The number of hydrogen-bond acceptors (Lipinski definition) is 4. The van der Waals surface area contributed by atoms with Crippen molar-refractivity contribution < 1.29 is 14.3 Å². The number of rotatable bonds is 13. The molecule has 0 spiro atoms. The van der Waals surface area contributed by atoms with Crippen LogP contribution in [0, 0.1) is 0 Å². The first-order chi connectivity index (χ1) is 16.5. The van der Waals surface area contributed by atoms with E-state index < -0.39 is 0 Å². The van der Waals surface area contributed by atoms with Gasteiger partial charge in [0.1, 0.15) is 0 Å². The van der Waals surface area contributed by atoms with Gasteiger partial charge in [-0.3, -0.25) is 9.59 Å². The molecule has 6 heteroatoms. The number of amides is 1. The van der Waals surface area contributed by atoms with Crippen molar-refractivity contribution in [2.45, 2.75) is 51.4 Å². The van der Waals surface area contributed by atoms with Crippen molar-refractivity contribution >= 4 is 28.5 Å². The molecule has 0 aliphatic rings. The average Bonchev–Trinajstić information content (AvgIpc) is 3.24. The molecule has 2 N–H and O–H groups in total. The Labute approximate surface area is 202 Å². The minimum Gasteiger partial charge on any atom is -0.466 e. The van der Waals surface area contributed by atoms with Gasteiger partial charge in [0.2, 0.25) is 5.91 Å². The maximum absolute atomic E-state index is 13.2. The molecule has 0 bridgehead atoms. The van der Waals surface area contributed by atoms with Crippen LogP contribution in [-0.2, 0) is 20.7 Å². The standard InChI is InChI=1S/C28H37N3O3/c1-4-34-27(32)13-7-5-6-11-25(21-14-16-23(17-15-21)31(2)3)28(33)29-19-18-22-20-30-26-12-9-8-10-24(22)26/h8-10,12,14-17,20,25,30H,4-7,11,13,18-19H2,1-3H3,(H,29,33)/t25-/m0/s1. The second-order valence-electron chi connectivity index (χ2n) is 8.84. The smallest absolute Gasteiger partial charge is 0.305 e. The first-order valence-electron chi connectivity index (χ1n) is 12.2. The fraction of sp³-hybridized carbons (Fsp3) is 0.429. The van der Waals surface area contributed by atoms with Crippen molar-refractivity contribution in [3.05, 3.63) is 65.9 Å². The number of H-pyrrole nitrogens is 1. The van der Waals surface area contributed by atoms with Crippen molar-refractivity contribution in [2.75, 3.05) is 32.1 Å². The normalized spacial score (nSPS) is 11.9. The Morgan fingerprint density at radius 3 is 2.53 bits per heavy atom. The summed E-state index contributed by atoms with van der Waals surface area (Å²) in [7, 11) is 4.01. The highest BCUT2D eigenvalue weighted by Gasteiger charge is 2.20. The Morgan fingerprint density at radius 2 is 1.79 bits per heavy atom. The molecule has 34 heavy (non-hydrogen) atoms. The van der Waals surface area contributed by atoms with Crippen LogP contribution in [-0.4, -0.2) is 44.1 Å². The molecule has 0 aliphatic carbocycles. The monoisotopic (exact) mass is 463 g/mol. The van der Waals surface area contributed by atoms with Crippen LogP contribution in [0.15, 0.2) is 54.7 Å². The van der Waals surface area contributed by atoms with Gasteiger partial charge in [0.25, 0.3) is 0 Å². The highest BCUT2D eigenvalue weighted by atomic mass is 16.5. The zero-order valence-corrected chi connectivity index (χ0v) is 20.6. The number of hydrogen-bond donors (Lipinski definition) is 2. The minimum atomic E-state index is -0.207. The summed E-state index contributed by atoms with van der Waals surface area (Å²) in [6, 6.07) is 16.4. The van der Waals surface area contributed by atoms with Crippen molar-refractivity contribution in [3.63, 3.8) is 0 Å². The third kappa shape index (κ3) is 7.11. The number of nitrogens with one attached hydrogen (secondary N) is 2. The van der Waals surface area contributed by atoms with Gasteiger partial charge in [-0.15, -0.1) is 0 Å². The number of fused-ring (bicyclic) bond motifs is 1. The number of aromatic amines is 1. The summed E-state index contributed by atoms with van der Waals surface area (Å²) in [5.74, 6) is -0.294. The van der Waals surface area contributed by atoms with Crippen LogP contribution in [0.4, 0.5) is 5.69 Å². The Morgan fingerprint density at radius 1 is 1.03 bits per heavy atom. The van der Waals surface area contributed by atoms with Crippen LogP contribution in [0.3, 0.4) is 0 Å².